The van der Waals surface area contributed by atoms with Crippen molar-refractivity contribution >= 4 is 0 Å². The van der Waals surface area contributed by atoms with Gasteiger partial charge in [-0.25, -0.2) is 0 Å². The van der Waals surface area contributed by atoms with Gasteiger partial charge in [-0.05, 0) is 37.1 Å². The van der Waals surface area contributed by atoms with Crippen LogP contribution in [0.15, 0.2) is 54.6 Å². The molecule has 0 bridgehead atoms. The van der Waals surface area contributed by atoms with Crippen LogP contribution in [0.1, 0.15) is 42.6 Å². The Kier molecular flexibility index (Phi) is 4.68. The van der Waals surface area contributed by atoms with Gasteiger partial charge >= 0.3 is 6.18 Å². The topological polar surface area (TPSA) is 12.0 Å². The Morgan fingerprint density at radius 2 is 1.24 bits per heavy atom. The molecular formula is C17H18F3N. The quantitative estimate of drug-likeness (QED) is 0.825. The van der Waals surface area contributed by atoms with Crippen LogP contribution in [0.5, 0.6) is 0 Å². The maximum Gasteiger partial charge on any atom is 0.416 e. The average Bonchev–Trinajstić information content (AvgIpc) is 2.47. The number of nitrogens with one attached hydrogen (secondary N) is 1. The van der Waals surface area contributed by atoms with E-state index in [9.17, 15) is 13.2 Å². The van der Waals surface area contributed by atoms with E-state index in [0.29, 0.717) is 0 Å². The van der Waals surface area contributed by atoms with E-state index < -0.39 is 11.7 Å². The Bertz CT molecular complexity index is 561. The van der Waals surface area contributed by atoms with Gasteiger partial charge in [-0.3, -0.25) is 0 Å². The lowest BCUT2D eigenvalue weighted by Crippen LogP contribution is -2.22. The first-order chi connectivity index (χ1) is 9.88. The van der Waals surface area contributed by atoms with Crippen molar-refractivity contribution in [3.8, 4) is 0 Å². The Hall–Kier alpha value is -1.81. The zero-order valence-electron chi connectivity index (χ0n) is 12.0. The van der Waals surface area contributed by atoms with Gasteiger partial charge in [0.25, 0.3) is 0 Å². The Balaban J connectivity index is 2.05. The molecular weight excluding hydrogens is 275 g/mol. The van der Waals surface area contributed by atoms with Crippen molar-refractivity contribution in [1.29, 1.82) is 0 Å². The maximum absolute atomic E-state index is 12.5. The van der Waals surface area contributed by atoms with Crippen molar-refractivity contribution in [3.05, 3.63) is 71.3 Å². The number of benzene rings is 2. The minimum Gasteiger partial charge on any atom is -0.304 e. The zero-order valence-corrected chi connectivity index (χ0v) is 12.0. The van der Waals surface area contributed by atoms with E-state index in [1.54, 1.807) is 0 Å². The smallest absolute Gasteiger partial charge is 0.304 e. The third-order valence-corrected chi connectivity index (χ3v) is 3.54. The Morgan fingerprint density at radius 3 is 1.71 bits per heavy atom. The molecule has 0 spiro atoms. The van der Waals surface area contributed by atoms with E-state index in [1.165, 1.54) is 12.1 Å². The van der Waals surface area contributed by atoms with Gasteiger partial charge in [0.2, 0.25) is 0 Å². The largest absolute Gasteiger partial charge is 0.416 e. The first kappa shape index (κ1) is 15.6. The molecule has 2 aromatic rings. The molecule has 0 heterocycles. The summed E-state index contributed by atoms with van der Waals surface area (Å²) in [6.07, 6.45) is -4.29. The zero-order chi connectivity index (χ0) is 15.5. The van der Waals surface area contributed by atoms with Gasteiger partial charge in [0.15, 0.2) is 0 Å². The fourth-order valence-electron chi connectivity index (χ4n) is 2.27. The number of hydrogen-bond acceptors (Lipinski definition) is 1. The van der Waals surface area contributed by atoms with Gasteiger partial charge in [0.1, 0.15) is 0 Å². The second kappa shape index (κ2) is 6.31. The molecule has 0 radical (unpaired) electrons. The van der Waals surface area contributed by atoms with E-state index in [4.69, 9.17) is 0 Å². The molecule has 4 heteroatoms. The van der Waals surface area contributed by atoms with Crippen LogP contribution in [0, 0.1) is 0 Å². The predicted octanol–water partition coefficient (Wildman–Crippen LogP) is 5.12. The van der Waals surface area contributed by atoms with Crippen molar-refractivity contribution in [2.45, 2.75) is 32.1 Å². The molecule has 0 aliphatic carbocycles. The van der Waals surface area contributed by atoms with Crippen LogP contribution >= 0.6 is 0 Å². The van der Waals surface area contributed by atoms with Crippen LogP contribution in [0.4, 0.5) is 13.2 Å². The van der Waals surface area contributed by atoms with Crippen LogP contribution in [0.2, 0.25) is 0 Å². The fourth-order valence-corrected chi connectivity index (χ4v) is 2.27. The molecule has 0 saturated heterocycles. The van der Waals surface area contributed by atoms with Gasteiger partial charge in [-0.1, -0.05) is 42.5 Å². The normalized spacial score (nSPS) is 14.7. The summed E-state index contributed by atoms with van der Waals surface area (Å²) in [4.78, 5) is 0. The van der Waals surface area contributed by atoms with Crippen LogP contribution < -0.4 is 5.32 Å². The monoisotopic (exact) mass is 293 g/mol. The molecule has 0 saturated carbocycles. The van der Waals surface area contributed by atoms with Gasteiger partial charge in [-0.15, -0.1) is 0 Å². The van der Waals surface area contributed by atoms with Gasteiger partial charge in [0, 0.05) is 12.1 Å². The number of hydrogen-bond donors (Lipinski definition) is 1. The first-order valence-corrected chi connectivity index (χ1v) is 6.86. The number of alkyl halides is 3. The van der Waals surface area contributed by atoms with Crippen molar-refractivity contribution < 1.29 is 13.2 Å². The predicted molar refractivity (Wildman–Crippen MR) is 77.9 cm³/mol. The van der Waals surface area contributed by atoms with E-state index in [1.807, 2.05) is 44.2 Å². The molecule has 2 rings (SSSR count). The molecule has 2 aromatic carbocycles. The second-order valence-electron chi connectivity index (χ2n) is 5.14. The molecule has 0 aliphatic heterocycles. The molecule has 21 heavy (non-hydrogen) atoms. The highest BCUT2D eigenvalue weighted by Crippen LogP contribution is 2.30. The average molecular weight is 293 g/mol. The summed E-state index contributed by atoms with van der Waals surface area (Å²) in [5, 5.41) is 3.39. The lowest BCUT2D eigenvalue weighted by atomic mass is 10.0. The van der Waals surface area contributed by atoms with E-state index in [-0.39, 0.29) is 12.1 Å². The van der Waals surface area contributed by atoms with Gasteiger partial charge in [-0.2, -0.15) is 13.2 Å². The molecule has 2 atom stereocenters. The van der Waals surface area contributed by atoms with Crippen molar-refractivity contribution in [2.24, 2.45) is 0 Å². The minimum atomic E-state index is -4.29. The molecule has 0 fully saturated rings. The van der Waals surface area contributed by atoms with Crippen molar-refractivity contribution in [1.82, 2.24) is 5.32 Å². The van der Waals surface area contributed by atoms with Gasteiger partial charge < -0.3 is 5.32 Å². The summed E-state index contributed by atoms with van der Waals surface area (Å²) in [5.74, 6) is 0. The summed E-state index contributed by atoms with van der Waals surface area (Å²) >= 11 is 0. The summed E-state index contributed by atoms with van der Waals surface area (Å²) in [6, 6.07) is 15.3. The summed E-state index contributed by atoms with van der Waals surface area (Å²) < 4.78 is 37.6. The molecule has 0 amide bonds. The van der Waals surface area contributed by atoms with E-state index in [0.717, 1.165) is 23.3 Å². The lowest BCUT2D eigenvalue weighted by Gasteiger charge is -2.21. The minimum absolute atomic E-state index is 0.0255. The Morgan fingerprint density at radius 1 is 0.762 bits per heavy atom. The molecule has 112 valence electrons. The third kappa shape index (κ3) is 4.08. The van der Waals surface area contributed by atoms with Crippen molar-refractivity contribution in [3.63, 3.8) is 0 Å². The first-order valence-electron chi connectivity index (χ1n) is 6.86. The molecule has 1 nitrogen and oxygen atoms in total. The fraction of sp³-hybridized carbons (Fsp3) is 0.294. The molecule has 1 N–H and O–H groups in total. The SMILES string of the molecule is CC(N[C@@H](C)c1ccccc1)c1ccc(C(F)(F)F)cc1. The highest BCUT2D eigenvalue weighted by molar-refractivity contribution is 5.27. The number of rotatable bonds is 4. The maximum atomic E-state index is 12.5. The van der Waals surface area contributed by atoms with Crippen LogP contribution in [-0.4, -0.2) is 0 Å². The van der Waals surface area contributed by atoms with E-state index in [2.05, 4.69) is 5.32 Å². The Labute approximate surface area is 122 Å². The molecule has 1 unspecified atom stereocenters. The van der Waals surface area contributed by atoms with Gasteiger partial charge in [0.05, 0.1) is 5.56 Å². The molecule has 0 aromatic heterocycles. The summed E-state index contributed by atoms with van der Waals surface area (Å²) in [7, 11) is 0. The summed E-state index contributed by atoms with van der Waals surface area (Å²) in [6.45, 7) is 3.98. The standard InChI is InChI=1S/C17H18F3N/c1-12(14-6-4-3-5-7-14)21-13(2)15-8-10-16(11-9-15)17(18,19)20/h3-13,21H,1-2H3/t12-,13?/m0/s1. The molecule has 0 aliphatic rings. The third-order valence-electron chi connectivity index (χ3n) is 3.54. The van der Waals surface area contributed by atoms with Crippen LogP contribution in [-0.2, 0) is 6.18 Å². The highest BCUT2D eigenvalue weighted by atomic mass is 19.4. The van der Waals surface area contributed by atoms with Crippen molar-refractivity contribution in [2.75, 3.05) is 0 Å². The van der Waals surface area contributed by atoms with Crippen LogP contribution in [0.25, 0.3) is 0 Å². The highest BCUT2D eigenvalue weighted by Gasteiger charge is 2.30. The second-order valence-corrected chi connectivity index (χ2v) is 5.14. The number of halogens is 3. The van der Waals surface area contributed by atoms with Crippen LogP contribution in [0.3, 0.4) is 0 Å². The summed E-state index contributed by atoms with van der Waals surface area (Å²) in [5.41, 5.74) is 1.37. The lowest BCUT2D eigenvalue weighted by molar-refractivity contribution is -0.137. The van der Waals surface area contributed by atoms with E-state index >= 15 is 0 Å².